The second-order valence-corrected chi connectivity index (χ2v) is 4.19. The molecule has 0 fully saturated rings. The van der Waals surface area contributed by atoms with Gasteiger partial charge in [0.1, 0.15) is 12.8 Å². The minimum Gasteiger partial charge on any atom is -0.363 e. The van der Waals surface area contributed by atoms with Crippen molar-refractivity contribution in [3.05, 3.63) is 25.0 Å². The highest BCUT2D eigenvalue weighted by molar-refractivity contribution is 5.93. The van der Waals surface area contributed by atoms with Crippen molar-refractivity contribution in [3.8, 4) is 0 Å². The minimum absolute atomic E-state index is 0.0726. The molecule has 7 heteroatoms. The molecule has 0 aromatic carbocycles. The lowest BCUT2D eigenvalue weighted by Crippen LogP contribution is -2.44. The van der Waals surface area contributed by atoms with Gasteiger partial charge in [0.25, 0.3) is 0 Å². The number of nitrogens with one attached hydrogen (secondary N) is 2. The molecule has 0 unspecified atom stereocenters. The zero-order valence-corrected chi connectivity index (χ0v) is 11.6. The Kier molecular flexibility index (Phi) is 6.88. The van der Waals surface area contributed by atoms with Gasteiger partial charge in [-0.05, 0) is 6.42 Å². The van der Waals surface area contributed by atoms with Crippen LogP contribution in [0.1, 0.15) is 19.8 Å². The van der Waals surface area contributed by atoms with Gasteiger partial charge in [0.2, 0.25) is 5.91 Å². The van der Waals surface area contributed by atoms with E-state index in [1.807, 2.05) is 6.92 Å². The predicted molar refractivity (Wildman–Crippen MR) is 75.2 cm³/mol. The van der Waals surface area contributed by atoms with Crippen LogP contribution in [0.25, 0.3) is 0 Å². The number of anilines is 1. The Balaban J connectivity index is 2.46. The molecule has 0 aliphatic heterocycles. The van der Waals surface area contributed by atoms with Crippen molar-refractivity contribution in [2.75, 3.05) is 25.0 Å². The molecule has 0 spiro atoms. The number of unbranched alkanes of at least 4 members (excludes halogenated alkanes) is 1. The molecule has 1 aromatic heterocycles. The van der Waals surface area contributed by atoms with Gasteiger partial charge in [-0.3, -0.25) is 4.79 Å². The molecular formula is C13H20N4O3. The minimum atomic E-state index is -0.341. The fraction of sp³-hybridized carbons (Fsp3) is 0.462. The lowest BCUT2D eigenvalue weighted by molar-refractivity contribution is -0.116. The lowest BCUT2D eigenvalue weighted by Gasteiger charge is -2.20. The van der Waals surface area contributed by atoms with Crippen LogP contribution in [-0.2, 0) is 4.79 Å². The number of carbonyl (C=O) groups is 2. The van der Waals surface area contributed by atoms with E-state index in [-0.39, 0.29) is 18.5 Å². The number of amides is 3. The Morgan fingerprint density at radius 1 is 1.55 bits per heavy atom. The van der Waals surface area contributed by atoms with Gasteiger partial charge in [0, 0.05) is 19.2 Å². The van der Waals surface area contributed by atoms with E-state index in [2.05, 4.69) is 26.9 Å². The van der Waals surface area contributed by atoms with E-state index in [4.69, 9.17) is 0 Å². The summed E-state index contributed by atoms with van der Waals surface area (Å²) in [6, 6.07) is 1.24. The summed E-state index contributed by atoms with van der Waals surface area (Å²) >= 11 is 0. The van der Waals surface area contributed by atoms with E-state index in [1.165, 1.54) is 17.2 Å². The number of hydrogen-bond donors (Lipinski definition) is 2. The maximum Gasteiger partial charge on any atom is 0.318 e. The fourth-order valence-corrected chi connectivity index (χ4v) is 1.49. The summed E-state index contributed by atoms with van der Waals surface area (Å²) in [4.78, 5) is 25.1. The van der Waals surface area contributed by atoms with Crippen molar-refractivity contribution in [1.29, 1.82) is 0 Å². The van der Waals surface area contributed by atoms with Gasteiger partial charge in [-0.1, -0.05) is 24.6 Å². The normalized spacial score (nSPS) is 9.85. The van der Waals surface area contributed by atoms with Gasteiger partial charge in [0.15, 0.2) is 5.82 Å². The number of nitrogens with zero attached hydrogens (tertiary/aromatic N) is 2. The summed E-state index contributed by atoms with van der Waals surface area (Å²) in [6.45, 7) is 6.44. The molecule has 0 bridgehead atoms. The second kappa shape index (κ2) is 8.73. The molecule has 0 saturated heterocycles. The lowest BCUT2D eigenvalue weighted by atomic mass is 10.3. The third-order valence-electron chi connectivity index (χ3n) is 2.48. The number of aromatic nitrogens is 1. The standard InChI is InChI=1S/C13H20N4O3/c1-3-5-7-14-13(19)17(8-4-2)10-12(18)15-11-6-9-20-16-11/h4,6,9H,2-3,5,7-8,10H2,1H3,(H,14,19)(H,15,16,18). The molecule has 0 radical (unpaired) electrons. The number of hydrogen-bond acceptors (Lipinski definition) is 4. The maximum atomic E-state index is 11.9. The Hall–Kier alpha value is -2.31. The van der Waals surface area contributed by atoms with E-state index >= 15 is 0 Å². The van der Waals surface area contributed by atoms with E-state index in [0.29, 0.717) is 18.9 Å². The number of urea groups is 1. The van der Waals surface area contributed by atoms with Crippen LogP contribution >= 0.6 is 0 Å². The van der Waals surface area contributed by atoms with E-state index in [9.17, 15) is 9.59 Å². The summed E-state index contributed by atoms with van der Waals surface area (Å²) in [5, 5.41) is 8.86. The van der Waals surface area contributed by atoms with Crippen LogP contribution in [0, 0.1) is 0 Å². The first-order chi connectivity index (χ1) is 9.67. The Morgan fingerprint density at radius 2 is 2.35 bits per heavy atom. The summed E-state index contributed by atoms with van der Waals surface area (Å²) in [5.41, 5.74) is 0. The van der Waals surface area contributed by atoms with Gasteiger partial charge < -0.3 is 20.1 Å². The molecule has 2 N–H and O–H groups in total. The van der Waals surface area contributed by atoms with E-state index < -0.39 is 0 Å². The topological polar surface area (TPSA) is 87.5 Å². The van der Waals surface area contributed by atoms with Gasteiger partial charge >= 0.3 is 6.03 Å². The first-order valence-corrected chi connectivity index (χ1v) is 6.51. The smallest absolute Gasteiger partial charge is 0.318 e. The molecule has 3 amide bonds. The summed E-state index contributed by atoms with van der Waals surface area (Å²) < 4.78 is 4.61. The fourth-order valence-electron chi connectivity index (χ4n) is 1.49. The van der Waals surface area contributed by atoms with Crippen molar-refractivity contribution < 1.29 is 14.1 Å². The van der Waals surface area contributed by atoms with Gasteiger partial charge in [0.05, 0.1) is 0 Å². The zero-order chi connectivity index (χ0) is 14.8. The molecule has 0 saturated carbocycles. The number of carbonyl (C=O) groups excluding carboxylic acids is 2. The van der Waals surface area contributed by atoms with Crippen molar-refractivity contribution in [2.24, 2.45) is 0 Å². The highest BCUT2D eigenvalue weighted by atomic mass is 16.5. The molecule has 1 heterocycles. The second-order valence-electron chi connectivity index (χ2n) is 4.19. The third-order valence-corrected chi connectivity index (χ3v) is 2.48. The molecule has 0 aliphatic carbocycles. The van der Waals surface area contributed by atoms with Crippen molar-refractivity contribution in [2.45, 2.75) is 19.8 Å². The Bertz CT molecular complexity index is 431. The predicted octanol–water partition coefficient (Wildman–Crippen LogP) is 1.61. The average Bonchev–Trinajstić information content (AvgIpc) is 2.91. The molecule has 0 aliphatic rings. The van der Waals surface area contributed by atoms with E-state index in [1.54, 1.807) is 6.08 Å². The zero-order valence-electron chi connectivity index (χ0n) is 11.6. The largest absolute Gasteiger partial charge is 0.363 e. The van der Waals surface area contributed by atoms with Crippen LogP contribution in [-0.4, -0.2) is 41.6 Å². The quantitative estimate of drug-likeness (QED) is 0.559. The average molecular weight is 280 g/mol. The van der Waals surface area contributed by atoms with Gasteiger partial charge in [-0.2, -0.15) is 0 Å². The molecule has 1 aromatic rings. The summed E-state index contributed by atoms with van der Waals surface area (Å²) in [5.74, 6) is -0.0219. The molecular weight excluding hydrogens is 260 g/mol. The van der Waals surface area contributed by atoms with Crippen LogP contribution in [0.15, 0.2) is 29.5 Å². The highest BCUT2D eigenvalue weighted by Gasteiger charge is 2.16. The number of rotatable bonds is 8. The van der Waals surface area contributed by atoms with Crippen molar-refractivity contribution in [3.63, 3.8) is 0 Å². The maximum absolute atomic E-state index is 11.9. The SMILES string of the molecule is C=CCN(CC(=O)Nc1ccon1)C(=O)NCCCC. The van der Waals surface area contributed by atoms with E-state index in [0.717, 1.165) is 12.8 Å². The van der Waals surface area contributed by atoms with Crippen LogP contribution in [0.4, 0.5) is 10.6 Å². The molecule has 110 valence electrons. The Labute approximate surface area is 118 Å². The molecule has 20 heavy (non-hydrogen) atoms. The van der Waals surface area contributed by atoms with Crippen LogP contribution in [0.2, 0.25) is 0 Å². The monoisotopic (exact) mass is 280 g/mol. The van der Waals surface area contributed by atoms with Crippen LogP contribution in [0.5, 0.6) is 0 Å². The van der Waals surface area contributed by atoms with Crippen molar-refractivity contribution >= 4 is 17.8 Å². The molecule has 1 rings (SSSR count). The first-order valence-electron chi connectivity index (χ1n) is 6.51. The van der Waals surface area contributed by atoms with Crippen LogP contribution < -0.4 is 10.6 Å². The van der Waals surface area contributed by atoms with Crippen LogP contribution in [0.3, 0.4) is 0 Å². The molecule has 0 atom stereocenters. The summed E-state index contributed by atoms with van der Waals surface area (Å²) in [6.07, 6.45) is 4.82. The van der Waals surface area contributed by atoms with Crippen molar-refractivity contribution in [1.82, 2.24) is 15.4 Å². The first kappa shape index (κ1) is 15.7. The Morgan fingerprint density at radius 3 is 2.95 bits per heavy atom. The third kappa shape index (κ3) is 5.55. The summed E-state index contributed by atoms with van der Waals surface area (Å²) in [7, 11) is 0. The highest BCUT2D eigenvalue weighted by Crippen LogP contribution is 2.01. The molecule has 7 nitrogen and oxygen atoms in total. The van der Waals surface area contributed by atoms with Gasteiger partial charge in [-0.15, -0.1) is 6.58 Å². The van der Waals surface area contributed by atoms with Gasteiger partial charge in [-0.25, -0.2) is 4.79 Å².